The molecule has 3 atom stereocenters. The molecule has 4 fully saturated rings. The number of carbonyl (C=O) groups is 2. The highest BCUT2D eigenvalue weighted by Gasteiger charge is 2.43. The van der Waals surface area contributed by atoms with Crippen molar-refractivity contribution in [3.63, 3.8) is 0 Å². The summed E-state index contributed by atoms with van der Waals surface area (Å²) in [4.78, 5) is 33.0. The number of amides is 2. The first-order chi connectivity index (χ1) is 14.3. The molecule has 0 aromatic rings. The third-order valence-electron chi connectivity index (χ3n) is 7.78. The van der Waals surface area contributed by atoms with Crippen LogP contribution < -0.4 is 5.32 Å². The Labute approximate surface area is 181 Å². The van der Waals surface area contributed by atoms with E-state index in [1.807, 2.05) is 4.90 Å². The number of nitrogens with one attached hydrogen (secondary N) is 1. The van der Waals surface area contributed by atoms with Crippen LogP contribution in [0.4, 0.5) is 0 Å². The van der Waals surface area contributed by atoms with Crippen molar-refractivity contribution < 1.29 is 14.3 Å². The van der Waals surface area contributed by atoms with Gasteiger partial charge in [0.2, 0.25) is 5.91 Å². The average Bonchev–Trinajstić information content (AvgIpc) is 3.42. The second-order valence-corrected chi connectivity index (χ2v) is 10.6. The summed E-state index contributed by atoms with van der Waals surface area (Å²) >= 11 is 0. The van der Waals surface area contributed by atoms with Gasteiger partial charge in [0.05, 0.1) is 6.04 Å². The van der Waals surface area contributed by atoms with Crippen molar-refractivity contribution in [3.8, 4) is 0 Å². The van der Waals surface area contributed by atoms with Crippen LogP contribution in [0, 0.1) is 5.41 Å². The van der Waals surface area contributed by atoms with Crippen LogP contribution in [0.2, 0.25) is 0 Å². The molecule has 0 radical (unpaired) electrons. The quantitative estimate of drug-likeness (QED) is 0.746. The second-order valence-electron chi connectivity index (χ2n) is 10.6. The van der Waals surface area contributed by atoms with Gasteiger partial charge in [0.25, 0.3) is 5.91 Å². The average molecular weight is 421 g/mol. The van der Waals surface area contributed by atoms with E-state index in [1.165, 1.54) is 0 Å². The van der Waals surface area contributed by atoms with Gasteiger partial charge in [0.1, 0.15) is 6.10 Å². The largest absolute Gasteiger partial charge is 0.368 e. The summed E-state index contributed by atoms with van der Waals surface area (Å²) in [6, 6.07) is 0.201. The van der Waals surface area contributed by atoms with E-state index in [9.17, 15) is 9.59 Å². The van der Waals surface area contributed by atoms with Gasteiger partial charge >= 0.3 is 0 Å². The fraction of sp³-hybridized carbons (Fsp3) is 0.913. The van der Waals surface area contributed by atoms with Crippen molar-refractivity contribution in [2.24, 2.45) is 5.41 Å². The normalized spacial score (nSPS) is 33.0. The molecule has 0 unspecified atom stereocenters. The molecule has 2 amide bonds. The van der Waals surface area contributed by atoms with Gasteiger partial charge in [0, 0.05) is 51.4 Å². The van der Waals surface area contributed by atoms with Gasteiger partial charge in [0.15, 0.2) is 0 Å². The first kappa shape index (κ1) is 22.0. The zero-order chi connectivity index (χ0) is 21.3. The number of hydrogen-bond acceptors (Lipinski definition) is 5. The monoisotopic (exact) mass is 420 g/mol. The van der Waals surface area contributed by atoms with Gasteiger partial charge in [-0.1, -0.05) is 13.8 Å². The van der Waals surface area contributed by atoms with Gasteiger partial charge in [-0.05, 0) is 57.4 Å². The zero-order valence-electron chi connectivity index (χ0n) is 19.1. The summed E-state index contributed by atoms with van der Waals surface area (Å²) in [6.07, 6.45) is 6.65. The van der Waals surface area contributed by atoms with Crippen molar-refractivity contribution in [1.82, 2.24) is 20.0 Å². The van der Waals surface area contributed by atoms with E-state index in [4.69, 9.17) is 4.74 Å². The highest BCUT2D eigenvalue weighted by molar-refractivity contribution is 5.84. The maximum absolute atomic E-state index is 13.5. The number of piperazine rings is 1. The lowest BCUT2D eigenvalue weighted by atomic mass is 9.75. The van der Waals surface area contributed by atoms with Crippen molar-refractivity contribution in [2.45, 2.75) is 83.0 Å². The molecular weight excluding hydrogens is 380 g/mol. The SMILES string of the molecule is CN1CCN(C(=O)[C@H]2C[C@H](N(C(=O)[C@@H]3CCCO3)C3CCC(C)(C)CC3)CN2)CC1. The fourth-order valence-corrected chi connectivity index (χ4v) is 5.62. The number of nitrogens with zero attached hydrogens (tertiary/aromatic N) is 3. The molecule has 0 aromatic carbocycles. The minimum Gasteiger partial charge on any atom is -0.368 e. The fourth-order valence-electron chi connectivity index (χ4n) is 5.62. The molecule has 1 aliphatic carbocycles. The molecule has 3 aliphatic heterocycles. The van der Waals surface area contributed by atoms with Crippen molar-refractivity contribution in [2.75, 3.05) is 46.4 Å². The van der Waals surface area contributed by atoms with Gasteiger partial charge in [-0.15, -0.1) is 0 Å². The molecule has 1 saturated carbocycles. The Bertz CT molecular complexity index is 616. The van der Waals surface area contributed by atoms with E-state index in [2.05, 4.69) is 36.0 Å². The Morgan fingerprint density at radius 2 is 1.73 bits per heavy atom. The highest BCUT2D eigenvalue weighted by Crippen LogP contribution is 2.38. The van der Waals surface area contributed by atoms with E-state index in [-0.39, 0.29) is 36.0 Å². The molecule has 3 heterocycles. The molecule has 7 nitrogen and oxygen atoms in total. The van der Waals surface area contributed by atoms with Crippen LogP contribution in [0.25, 0.3) is 0 Å². The second kappa shape index (κ2) is 9.13. The smallest absolute Gasteiger partial charge is 0.252 e. The summed E-state index contributed by atoms with van der Waals surface area (Å²) in [6.45, 7) is 9.53. The molecule has 4 aliphatic rings. The third kappa shape index (κ3) is 4.83. The Kier molecular flexibility index (Phi) is 6.70. The van der Waals surface area contributed by atoms with Crippen LogP contribution in [0.15, 0.2) is 0 Å². The van der Waals surface area contributed by atoms with E-state index in [0.29, 0.717) is 18.6 Å². The van der Waals surface area contributed by atoms with Crippen LogP contribution >= 0.6 is 0 Å². The molecule has 0 bridgehead atoms. The number of ether oxygens (including phenoxy) is 1. The van der Waals surface area contributed by atoms with Crippen LogP contribution in [-0.2, 0) is 14.3 Å². The maximum Gasteiger partial charge on any atom is 0.252 e. The van der Waals surface area contributed by atoms with Gasteiger partial charge in [-0.3, -0.25) is 9.59 Å². The molecule has 4 rings (SSSR count). The molecule has 0 spiro atoms. The third-order valence-corrected chi connectivity index (χ3v) is 7.78. The lowest BCUT2D eigenvalue weighted by Crippen LogP contribution is -2.53. The van der Waals surface area contributed by atoms with Crippen LogP contribution in [0.3, 0.4) is 0 Å². The number of hydrogen-bond donors (Lipinski definition) is 1. The molecule has 7 heteroatoms. The lowest BCUT2D eigenvalue weighted by molar-refractivity contribution is -0.147. The molecule has 0 aromatic heterocycles. The van der Waals surface area contributed by atoms with Crippen LogP contribution in [0.1, 0.15) is 58.8 Å². The predicted octanol–water partition coefficient (Wildman–Crippen LogP) is 1.47. The van der Waals surface area contributed by atoms with Crippen molar-refractivity contribution in [3.05, 3.63) is 0 Å². The lowest BCUT2D eigenvalue weighted by Gasteiger charge is -2.43. The molecule has 170 valence electrons. The summed E-state index contributed by atoms with van der Waals surface area (Å²) < 4.78 is 5.78. The summed E-state index contributed by atoms with van der Waals surface area (Å²) in [7, 11) is 2.10. The Morgan fingerprint density at radius 1 is 1.03 bits per heavy atom. The maximum atomic E-state index is 13.5. The molecular formula is C23H40N4O3. The Morgan fingerprint density at radius 3 is 2.37 bits per heavy atom. The van der Waals surface area contributed by atoms with E-state index in [0.717, 1.165) is 71.1 Å². The standard InChI is InChI=1S/C23H40N4O3/c1-23(2)8-6-17(7-9-23)27(22(29)20-5-4-14-30-20)18-15-19(24-16-18)21(28)26-12-10-25(3)11-13-26/h17-20,24H,4-16H2,1-3H3/t18-,19+,20-/m0/s1. The molecule has 3 saturated heterocycles. The van der Waals surface area contributed by atoms with E-state index in [1.54, 1.807) is 0 Å². The minimum atomic E-state index is -0.285. The number of rotatable bonds is 4. The zero-order valence-corrected chi connectivity index (χ0v) is 19.1. The minimum absolute atomic E-state index is 0.0920. The van der Waals surface area contributed by atoms with E-state index < -0.39 is 0 Å². The van der Waals surface area contributed by atoms with Crippen molar-refractivity contribution >= 4 is 11.8 Å². The predicted molar refractivity (Wildman–Crippen MR) is 116 cm³/mol. The van der Waals surface area contributed by atoms with Gasteiger partial charge in [-0.25, -0.2) is 0 Å². The van der Waals surface area contributed by atoms with Crippen molar-refractivity contribution in [1.29, 1.82) is 0 Å². The van der Waals surface area contributed by atoms with E-state index >= 15 is 0 Å². The first-order valence-electron chi connectivity index (χ1n) is 12.0. The van der Waals surface area contributed by atoms with Crippen LogP contribution in [0.5, 0.6) is 0 Å². The topological polar surface area (TPSA) is 65.1 Å². The van der Waals surface area contributed by atoms with Gasteiger partial charge < -0.3 is 24.8 Å². The summed E-state index contributed by atoms with van der Waals surface area (Å²) in [5.41, 5.74) is 0.364. The number of likely N-dealkylation sites (N-methyl/N-ethyl adjacent to an activating group) is 1. The Hall–Kier alpha value is -1.18. The first-order valence-corrected chi connectivity index (χ1v) is 12.0. The highest BCUT2D eigenvalue weighted by atomic mass is 16.5. The molecule has 1 N–H and O–H groups in total. The summed E-state index contributed by atoms with van der Waals surface area (Å²) in [5, 5.41) is 3.46. The Balaban J connectivity index is 1.43. The van der Waals surface area contributed by atoms with Gasteiger partial charge in [-0.2, -0.15) is 0 Å². The van der Waals surface area contributed by atoms with Crippen LogP contribution in [-0.4, -0.2) is 97.1 Å². The molecule has 30 heavy (non-hydrogen) atoms. The number of carbonyl (C=O) groups excluding carboxylic acids is 2. The summed E-state index contributed by atoms with van der Waals surface area (Å²) in [5.74, 6) is 0.372.